The Hall–Kier alpha value is -1.35. The molecule has 0 aromatic rings. The Morgan fingerprint density at radius 3 is 2.38 bits per heavy atom. The fourth-order valence-electron chi connectivity index (χ4n) is 2.27. The van der Waals surface area contributed by atoms with E-state index in [-0.39, 0.29) is 25.5 Å². The highest BCUT2D eigenvalue weighted by molar-refractivity contribution is 7.88. The van der Waals surface area contributed by atoms with E-state index in [1.807, 2.05) is 0 Å². The molecule has 1 saturated heterocycles. The predicted octanol–water partition coefficient (Wildman–Crippen LogP) is -0.178. The zero-order valence-electron chi connectivity index (χ0n) is 12.2. The second-order valence-electron chi connectivity index (χ2n) is 5.26. The molecule has 0 aromatic heterocycles. The van der Waals surface area contributed by atoms with Crippen LogP contribution < -0.4 is 10.0 Å². The number of hydrogen-bond acceptors (Lipinski definition) is 4. The number of nitrogens with one attached hydrogen (secondary N) is 2. The molecule has 0 saturated carbocycles. The molecule has 1 heterocycles. The van der Waals surface area contributed by atoms with E-state index in [4.69, 9.17) is 5.11 Å². The molecule has 1 aliphatic rings. The molecule has 9 heteroatoms. The number of piperidine rings is 1. The third kappa shape index (κ3) is 7.86. The first-order valence-electron chi connectivity index (χ1n) is 6.97. The van der Waals surface area contributed by atoms with Gasteiger partial charge in [-0.1, -0.05) is 0 Å². The summed E-state index contributed by atoms with van der Waals surface area (Å²) in [7, 11) is -3.23. The lowest BCUT2D eigenvalue weighted by molar-refractivity contribution is -0.137. The zero-order chi connectivity index (χ0) is 15.9. The minimum Gasteiger partial charge on any atom is -0.481 e. The van der Waals surface area contributed by atoms with E-state index >= 15 is 0 Å². The van der Waals surface area contributed by atoms with E-state index in [2.05, 4.69) is 10.0 Å². The molecule has 1 rings (SSSR count). The van der Waals surface area contributed by atoms with Crippen molar-refractivity contribution in [2.45, 2.75) is 25.7 Å². The van der Waals surface area contributed by atoms with Gasteiger partial charge in [-0.15, -0.1) is 0 Å². The van der Waals surface area contributed by atoms with Crippen molar-refractivity contribution in [3.05, 3.63) is 0 Å². The first kappa shape index (κ1) is 17.7. The molecule has 21 heavy (non-hydrogen) atoms. The highest BCUT2D eigenvalue weighted by atomic mass is 32.2. The minimum atomic E-state index is -3.23. The summed E-state index contributed by atoms with van der Waals surface area (Å²) >= 11 is 0. The SMILES string of the molecule is CS(=O)(=O)NCCNC(=O)N1CCC(CCC(=O)O)CC1. The Morgan fingerprint density at radius 2 is 1.86 bits per heavy atom. The first-order chi connectivity index (χ1) is 9.78. The summed E-state index contributed by atoms with van der Waals surface area (Å²) in [5, 5.41) is 11.3. The molecular formula is C12H23N3O5S. The zero-order valence-corrected chi connectivity index (χ0v) is 13.0. The van der Waals surface area contributed by atoms with Crippen LogP contribution in [-0.2, 0) is 14.8 Å². The molecule has 2 amide bonds. The standard InChI is InChI=1S/C12H23N3O5S/c1-21(19,20)14-7-6-13-12(18)15-8-4-10(5-9-15)2-3-11(16)17/h10,14H,2-9H2,1H3,(H,13,18)(H,16,17). The Labute approximate surface area is 124 Å². The molecule has 0 radical (unpaired) electrons. The molecule has 0 aliphatic carbocycles. The van der Waals surface area contributed by atoms with Gasteiger partial charge in [-0.2, -0.15) is 0 Å². The molecule has 1 aliphatic heterocycles. The smallest absolute Gasteiger partial charge is 0.317 e. The lowest BCUT2D eigenvalue weighted by atomic mass is 9.92. The number of nitrogens with zero attached hydrogens (tertiary/aromatic N) is 1. The van der Waals surface area contributed by atoms with Crippen LogP contribution in [0.4, 0.5) is 4.79 Å². The Kier molecular flexibility index (Phi) is 6.90. The maximum absolute atomic E-state index is 11.8. The fourth-order valence-corrected chi connectivity index (χ4v) is 2.74. The lowest BCUT2D eigenvalue weighted by Crippen LogP contribution is -2.46. The molecule has 0 bridgehead atoms. The summed E-state index contributed by atoms with van der Waals surface area (Å²) < 4.78 is 24.0. The maximum atomic E-state index is 11.8. The predicted molar refractivity (Wildman–Crippen MR) is 77.4 cm³/mol. The van der Waals surface area contributed by atoms with Crippen molar-refractivity contribution in [2.75, 3.05) is 32.4 Å². The summed E-state index contributed by atoms with van der Waals surface area (Å²) in [4.78, 5) is 24.0. The van der Waals surface area contributed by atoms with Gasteiger partial charge in [0.2, 0.25) is 10.0 Å². The quantitative estimate of drug-likeness (QED) is 0.563. The van der Waals surface area contributed by atoms with Crippen molar-refractivity contribution in [3.8, 4) is 0 Å². The van der Waals surface area contributed by atoms with Gasteiger partial charge >= 0.3 is 12.0 Å². The van der Waals surface area contributed by atoms with Crippen LogP contribution in [0.25, 0.3) is 0 Å². The van der Waals surface area contributed by atoms with Gasteiger partial charge in [-0.3, -0.25) is 4.79 Å². The average molecular weight is 321 g/mol. The summed E-state index contributed by atoms with van der Waals surface area (Å²) in [6.45, 7) is 1.62. The van der Waals surface area contributed by atoms with Gasteiger partial charge in [0.1, 0.15) is 0 Å². The number of rotatable bonds is 7. The number of carboxylic acid groups (broad SMARTS) is 1. The van der Waals surface area contributed by atoms with Gasteiger partial charge < -0.3 is 15.3 Å². The number of carbonyl (C=O) groups excluding carboxylic acids is 1. The number of carbonyl (C=O) groups is 2. The average Bonchev–Trinajstić information content (AvgIpc) is 2.40. The number of sulfonamides is 1. The van der Waals surface area contributed by atoms with E-state index in [1.54, 1.807) is 4.90 Å². The number of likely N-dealkylation sites (tertiary alicyclic amines) is 1. The Bertz CT molecular complexity index is 458. The highest BCUT2D eigenvalue weighted by Gasteiger charge is 2.22. The third-order valence-electron chi connectivity index (χ3n) is 3.43. The molecule has 8 nitrogen and oxygen atoms in total. The second-order valence-corrected chi connectivity index (χ2v) is 7.09. The molecule has 122 valence electrons. The van der Waals surface area contributed by atoms with E-state index in [0.717, 1.165) is 19.1 Å². The molecule has 0 spiro atoms. The Morgan fingerprint density at radius 1 is 1.24 bits per heavy atom. The van der Waals surface area contributed by atoms with Crippen LogP contribution in [0.5, 0.6) is 0 Å². The summed E-state index contributed by atoms with van der Waals surface area (Å²) in [5.74, 6) is -0.425. The molecule has 0 unspecified atom stereocenters. The van der Waals surface area contributed by atoms with Crippen molar-refractivity contribution in [2.24, 2.45) is 5.92 Å². The van der Waals surface area contributed by atoms with Gasteiger partial charge in [-0.25, -0.2) is 17.9 Å². The van der Waals surface area contributed by atoms with Crippen LogP contribution in [-0.4, -0.2) is 62.9 Å². The van der Waals surface area contributed by atoms with Gasteiger partial charge in [0.05, 0.1) is 6.26 Å². The summed E-state index contributed by atoms with van der Waals surface area (Å²) in [6.07, 6.45) is 3.51. The van der Waals surface area contributed by atoms with Crippen molar-refractivity contribution < 1.29 is 23.1 Å². The third-order valence-corrected chi connectivity index (χ3v) is 4.16. The van der Waals surface area contributed by atoms with Crippen molar-refractivity contribution in [3.63, 3.8) is 0 Å². The fraction of sp³-hybridized carbons (Fsp3) is 0.833. The number of urea groups is 1. The van der Waals surface area contributed by atoms with Crippen molar-refractivity contribution in [1.29, 1.82) is 0 Å². The lowest BCUT2D eigenvalue weighted by Gasteiger charge is -2.31. The van der Waals surface area contributed by atoms with Crippen LogP contribution in [0.3, 0.4) is 0 Å². The van der Waals surface area contributed by atoms with E-state index in [1.165, 1.54) is 0 Å². The molecule has 3 N–H and O–H groups in total. The largest absolute Gasteiger partial charge is 0.481 e. The van der Waals surface area contributed by atoms with Gasteiger partial charge in [0, 0.05) is 32.6 Å². The topological polar surface area (TPSA) is 116 Å². The minimum absolute atomic E-state index is 0.166. The van der Waals surface area contributed by atoms with Gasteiger partial charge in [0.15, 0.2) is 0 Å². The van der Waals surface area contributed by atoms with Crippen LogP contribution in [0, 0.1) is 5.92 Å². The van der Waals surface area contributed by atoms with Gasteiger partial charge in [-0.05, 0) is 25.2 Å². The van der Waals surface area contributed by atoms with Crippen molar-refractivity contribution in [1.82, 2.24) is 14.9 Å². The van der Waals surface area contributed by atoms with Crippen LogP contribution >= 0.6 is 0 Å². The van der Waals surface area contributed by atoms with E-state index < -0.39 is 16.0 Å². The van der Waals surface area contributed by atoms with E-state index in [0.29, 0.717) is 25.4 Å². The summed E-state index contributed by atoms with van der Waals surface area (Å²) in [6, 6.07) is -0.206. The number of hydrogen-bond donors (Lipinski definition) is 3. The molecule has 0 atom stereocenters. The van der Waals surface area contributed by atoms with Crippen molar-refractivity contribution >= 4 is 22.0 Å². The van der Waals surface area contributed by atoms with Crippen LogP contribution in [0.1, 0.15) is 25.7 Å². The molecular weight excluding hydrogens is 298 g/mol. The van der Waals surface area contributed by atoms with Crippen LogP contribution in [0.2, 0.25) is 0 Å². The Balaban J connectivity index is 2.18. The van der Waals surface area contributed by atoms with Crippen LogP contribution in [0.15, 0.2) is 0 Å². The number of carboxylic acids is 1. The number of amides is 2. The second kappa shape index (κ2) is 8.18. The normalized spacial score (nSPS) is 16.7. The first-order valence-corrected chi connectivity index (χ1v) is 8.86. The van der Waals surface area contributed by atoms with Gasteiger partial charge in [0.25, 0.3) is 0 Å². The van der Waals surface area contributed by atoms with E-state index in [9.17, 15) is 18.0 Å². The molecule has 1 fully saturated rings. The summed E-state index contributed by atoms with van der Waals surface area (Å²) in [5.41, 5.74) is 0. The maximum Gasteiger partial charge on any atom is 0.317 e. The molecule has 0 aromatic carbocycles. The number of aliphatic carboxylic acids is 1. The highest BCUT2D eigenvalue weighted by Crippen LogP contribution is 2.21. The monoisotopic (exact) mass is 321 g/mol.